The van der Waals surface area contributed by atoms with Crippen LogP contribution in [-0.2, 0) is 11.2 Å². The predicted octanol–water partition coefficient (Wildman–Crippen LogP) is 2.74. The predicted molar refractivity (Wildman–Crippen MR) is 83.2 cm³/mol. The summed E-state index contributed by atoms with van der Waals surface area (Å²) in [6.07, 6.45) is 1.32. The van der Waals surface area contributed by atoms with Gasteiger partial charge in [-0.1, -0.05) is 41.9 Å². The normalized spacial score (nSPS) is 11.4. The van der Waals surface area contributed by atoms with Crippen LogP contribution in [0.1, 0.15) is 25.8 Å². The first-order chi connectivity index (χ1) is 8.93. The van der Waals surface area contributed by atoms with Crippen LogP contribution in [0, 0.1) is 5.41 Å². The van der Waals surface area contributed by atoms with Crippen molar-refractivity contribution in [2.45, 2.75) is 26.7 Å². The van der Waals surface area contributed by atoms with E-state index < -0.39 is 0 Å². The summed E-state index contributed by atoms with van der Waals surface area (Å²) in [6.45, 7) is 5.87. The Hall–Kier alpha value is -0.870. The number of aryl methyl sites for hydroxylation is 1. The van der Waals surface area contributed by atoms with Gasteiger partial charge in [0.05, 0.1) is 0 Å². The number of halogens is 1. The van der Waals surface area contributed by atoms with E-state index in [4.69, 9.17) is 0 Å². The molecule has 1 aromatic rings. The van der Waals surface area contributed by atoms with Gasteiger partial charge in [0.2, 0.25) is 5.91 Å². The summed E-state index contributed by atoms with van der Waals surface area (Å²) in [5.74, 6) is 0.118. The van der Waals surface area contributed by atoms with Gasteiger partial charge in [-0.3, -0.25) is 4.79 Å². The largest absolute Gasteiger partial charge is 0.356 e. The molecule has 3 nitrogen and oxygen atoms in total. The molecule has 0 saturated carbocycles. The molecule has 0 radical (unpaired) electrons. The molecule has 106 valence electrons. The smallest absolute Gasteiger partial charge is 0.220 e. The van der Waals surface area contributed by atoms with Gasteiger partial charge in [-0.15, -0.1) is 0 Å². The maximum Gasteiger partial charge on any atom is 0.220 e. The average Bonchev–Trinajstić information content (AvgIpc) is 2.36. The molecule has 0 aromatic heterocycles. The summed E-state index contributed by atoms with van der Waals surface area (Å²) in [7, 11) is 1.93. The first kappa shape index (κ1) is 16.2. The second-order valence-electron chi connectivity index (χ2n) is 5.60. The lowest BCUT2D eigenvalue weighted by Gasteiger charge is -2.24. The number of carbonyl (C=O) groups excluding carboxylic acids is 1. The molecule has 0 aliphatic heterocycles. The molecule has 0 bridgehead atoms. The molecule has 1 aromatic carbocycles. The van der Waals surface area contributed by atoms with E-state index >= 15 is 0 Å². The first-order valence-corrected chi connectivity index (χ1v) is 7.38. The number of rotatable bonds is 7. The van der Waals surface area contributed by atoms with Crippen LogP contribution in [0.5, 0.6) is 0 Å². The molecule has 0 aliphatic carbocycles. The SMILES string of the molecule is CNCC(C)(C)CNC(=O)CCc1ccc(Br)cc1. The summed E-state index contributed by atoms with van der Waals surface area (Å²) in [5, 5.41) is 6.14. The number of carbonyl (C=O) groups is 1. The topological polar surface area (TPSA) is 41.1 Å². The minimum Gasteiger partial charge on any atom is -0.356 e. The molecule has 0 heterocycles. The minimum atomic E-state index is 0.0853. The lowest BCUT2D eigenvalue weighted by Crippen LogP contribution is -2.39. The summed E-state index contributed by atoms with van der Waals surface area (Å²) < 4.78 is 1.06. The zero-order valence-electron chi connectivity index (χ0n) is 11.9. The summed E-state index contributed by atoms with van der Waals surface area (Å²) in [5.41, 5.74) is 1.27. The molecule has 1 rings (SSSR count). The molecule has 0 aliphatic rings. The fourth-order valence-corrected chi connectivity index (χ4v) is 2.14. The van der Waals surface area contributed by atoms with Crippen molar-refractivity contribution in [3.63, 3.8) is 0 Å². The van der Waals surface area contributed by atoms with Gasteiger partial charge in [0.25, 0.3) is 0 Å². The first-order valence-electron chi connectivity index (χ1n) is 6.59. The Morgan fingerprint density at radius 2 is 1.84 bits per heavy atom. The van der Waals surface area contributed by atoms with Gasteiger partial charge in [-0.2, -0.15) is 0 Å². The van der Waals surface area contributed by atoms with Gasteiger partial charge in [-0.25, -0.2) is 0 Å². The van der Waals surface area contributed by atoms with Crippen molar-refractivity contribution in [1.29, 1.82) is 0 Å². The van der Waals surface area contributed by atoms with Gasteiger partial charge < -0.3 is 10.6 Å². The standard InChI is InChI=1S/C15H23BrN2O/c1-15(2,10-17-3)11-18-14(19)9-6-12-4-7-13(16)8-5-12/h4-5,7-8,17H,6,9-11H2,1-3H3,(H,18,19). The van der Waals surface area contributed by atoms with Gasteiger partial charge in [0, 0.05) is 24.0 Å². The maximum absolute atomic E-state index is 11.8. The minimum absolute atomic E-state index is 0.0853. The quantitative estimate of drug-likeness (QED) is 0.808. The average molecular weight is 327 g/mol. The Morgan fingerprint density at radius 1 is 1.21 bits per heavy atom. The summed E-state index contributed by atoms with van der Waals surface area (Å²) in [4.78, 5) is 11.8. The third-order valence-corrected chi connectivity index (χ3v) is 3.50. The number of amides is 1. The van der Waals surface area contributed by atoms with E-state index in [1.807, 2.05) is 31.3 Å². The number of hydrogen-bond acceptors (Lipinski definition) is 2. The van der Waals surface area contributed by atoms with Crippen molar-refractivity contribution in [3.05, 3.63) is 34.3 Å². The molecular formula is C15H23BrN2O. The molecule has 0 saturated heterocycles. The van der Waals surface area contributed by atoms with Crippen molar-refractivity contribution in [3.8, 4) is 0 Å². The maximum atomic E-state index is 11.8. The molecule has 19 heavy (non-hydrogen) atoms. The third-order valence-electron chi connectivity index (χ3n) is 2.97. The highest BCUT2D eigenvalue weighted by molar-refractivity contribution is 9.10. The summed E-state index contributed by atoms with van der Waals surface area (Å²) in [6, 6.07) is 8.09. The number of nitrogens with one attached hydrogen (secondary N) is 2. The Bertz CT molecular complexity index is 401. The summed E-state index contributed by atoms with van der Waals surface area (Å²) >= 11 is 3.40. The monoisotopic (exact) mass is 326 g/mol. The van der Waals surface area contributed by atoms with Crippen LogP contribution >= 0.6 is 15.9 Å². The van der Waals surface area contributed by atoms with Crippen molar-refractivity contribution < 1.29 is 4.79 Å². The van der Waals surface area contributed by atoms with Crippen molar-refractivity contribution >= 4 is 21.8 Å². The molecule has 1 amide bonds. The van der Waals surface area contributed by atoms with Gasteiger partial charge >= 0.3 is 0 Å². The van der Waals surface area contributed by atoms with Crippen LogP contribution in [0.3, 0.4) is 0 Å². The molecule has 4 heteroatoms. The number of hydrogen-bond donors (Lipinski definition) is 2. The second kappa shape index (κ2) is 7.65. The van der Waals surface area contributed by atoms with Gasteiger partial charge in [0.15, 0.2) is 0 Å². The highest BCUT2D eigenvalue weighted by atomic mass is 79.9. The Kier molecular flexibility index (Phi) is 6.52. The highest BCUT2D eigenvalue weighted by Crippen LogP contribution is 2.13. The lowest BCUT2D eigenvalue weighted by molar-refractivity contribution is -0.121. The third kappa shape index (κ3) is 6.73. The van der Waals surface area contributed by atoms with Crippen LogP contribution in [0.2, 0.25) is 0 Å². The number of benzene rings is 1. The van der Waals surface area contributed by atoms with E-state index in [-0.39, 0.29) is 11.3 Å². The van der Waals surface area contributed by atoms with E-state index in [9.17, 15) is 4.79 Å². The van der Waals surface area contributed by atoms with Crippen molar-refractivity contribution in [2.75, 3.05) is 20.1 Å². The van der Waals surface area contributed by atoms with Crippen LogP contribution in [-0.4, -0.2) is 26.0 Å². The molecule has 0 spiro atoms. The van der Waals surface area contributed by atoms with Gasteiger partial charge in [0.1, 0.15) is 0 Å². The zero-order valence-corrected chi connectivity index (χ0v) is 13.5. The van der Waals surface area contributed by atoms with E-state index in [2.05, 4.69) is 40.4 Å². The molecule has 0 atom stereocenters. The fraction of sp³-hybridized carbons (Fsp3) is 0.533. The van der Waals surface area contributed by atoms with Crippen molar-refractivity contribution in [1.82, 2.24) is 10.6 Å². The highest BCUT2D eigenvalue weighted by Gasteiger charge is 2.17. The van der Waals surface area contributed by atoms with Crippen molar-refractivity contribution in [2.24, 2.45) is 5.41 Å². The Morgan fingerprint density at radius 3 is 2.42 bits per heavy atom. The molecule has 2 N–H and O–H groups in total. The lowest BCUT2D eigenvalue weighted by atomic mass is 9.93. The van der Waals surface area contributed by atoms with E-state index in [0.717, 1.165) is 17.4 Å². The molecular weight excluding hydrogens is 304 g/mol. The van der Waals surface area contributed by atoms with Crippen LogP contribution in [0.25, 0.3) is 0 Å². The van der Waals surface area contributed by atoms with E-state index in [1.54, 1.807) is 0 Å². The molecule has 0 unspecified atom stereocenters. The molecule has 0 fully saturated rings. The Labute approximate surface area is 124 Å². The van der Waals surface area contributed by atoms with Crippen LogP contribution in [0.15, 0.2) is 28.7 Å². The fourth-order valence-electron chi connectivity index (χ4n) is 1.88. The van der Waals surface area contributed by atoms with Crippen LogP contribution < -0.4 is 10.6 Å². The Balaban J connectivity index is 2.30. The van der Waals surface area contributed by atoms with E-state index in [0.29, 0.717) is 13.0 Å². The van der Waals surface area contributed by atoms with Crippen LogP contribution in [0.4, 0.5) is 0 Å². The van der Waals surface area contributed by atoms with Gasteiger partial charge in [-0.05, 0) is 36.6 Å². The van der Waals surface area contributed by atoms with E-state index in [1.165, 1.54) is 5.56 Å². The second-order valence-corrected chi connectivity index (χ2v) is 6.51. The zero-order chi connectivity index (χ0) is 14.3.